The summed E-state index contributed by atoms with van der Waals surface area (Å²) in [4.78, 5) is 32.1. The van der Waals surface area contributed by atoms with Gasteiger partial charge in [0.05, 0.1) is 0 Å². The van der Waals surface area contributed by atoms with Gasteiger partial charge in [0.25, 0.3) is 0 Å². The van der Waals surface area contributed by atoms with Crippen molar-refractivity contribution in [3.05, 3.63) is 97.4 Å². The van der Waals surface area contributed by atoms with E-state index in [0.717, 1.165) is 16.7 Å². The van der Waals surface area contributed by atoms with Crippen LogP contribution in [0.5, 0.6) is 11.5 Å². The average molecular weight is 466 g/mol. The second-order valence-corrected chi connectivity index (χ2v) is 7.85. The van der Waals surface area contributed by atoms with Crippen LogP contribution in [-0.4, -0.2) is 21.9 Å². The minimum absolute atomic E-state index is 0.330. The van der Waals surface area contributed by atoms with Crippen LogP contribution in [0.4, 0.5) is 0 Å². The molecule has 0 bridgehead atoms. The molecule has 174 valence electrons. The lowest BCUT2D eigenvalue weighted by Crippen LogP contribution is -2.07. The lowest BCUT2D eigenvalue weighted by atomic mass is 10.1. The molecule has 2 heterocycles. The molecule has 0 atom stereocenters. The SMILES string of the molecule is C=C(C)C(=O)Oc1ccc(-c2cnc(-c3ccc(-c4ccc(OC(=O)C(=C)C)cc4)o3)nc2)cc1. The maximum atomic E-state index is 11.6. The molecule has 7 heteroatoms. The van der Waals surface area contributed by atoms with Crippen LogP contribution in [0.1, 0.15) is 13.8 Å². The third kappa shape index (κ3) is 5.59. The summed E-state index contributed by atoms with van der Waals surface area (Å²) in [5.41, 5.74) is 3.16. The quantitative estimate of drug-likeness (QED) is 0.186. The molecule has 0 aliphatic carbocycles. The molecule has 0 radical (unpaired) electrons. The smallest absolute Gasteiger partial charge is 0.338 e. The van der Waals surface area contributed by atoms with Gasteiger partial charge in [0.15, 0.2) is 11.6 Å². The van der Waals surface area contributed by atoms with Crippen LogP contribution in [0.15, 0.2) is 102 Å². The number of hydrogen-bond acceptors (Lipinski definition) is 7. The van der Waals surface area contributed by atoms with Crippen molar-refractivity contribution in [3.8, 4) is 45.5 Å². The lowest BCUT2D eigenvalue weighted by molar-refractivity contribution is -0.130. The Morgan fingerprint density at radius 1 is 0.657 bits per heavy atom. The summed E-state index contributed by atoms with van der Waals surface area (Å²) in [5, 5.41) is 0. The molecule has 0 spiro atoms. The van der Waals surface area contributed by atoms with Crippen molar-refractivity contribution in [1.82, 2.24) is 9.97 Å². The summed E-state index contributed by atoms with van der Waals surface area (Å²) in [5.74, 6) is 1.51. The first-order valence-electron chi connectivity index (χ1n) is 10.7. The van der Waals surface area contributed by atoms with Gasteiger partial charge in [-0.2, -0.15) is 0 Å². The van der Waals surface area contributed by atoms with E-state index >= 15 is 0 Å². The van der Waals surface area contributed by atoms with Crippen molar-refractivity contribution in [2.75, 3.05) is 0 Å². The Hall–Kier alpha value is -4.78. The van der Waals surface area contributed by atoms with Gasteiger partial charge in [0, 0.05) is 34.7 Å². The normalized spacial score (nSPS) is 10.5. The summed E-state index contributed by atoms with van der Waals surface area (Å²) in [6.07, 6.45) is 3.40. The largest absolute Gasteiger partial charge is 0.453 e. The van der Waals surface area contributed by atoms with Crippen molar-refractivity contribution in [2.45, 2.75) is 13.8 Å². The van der Waals surface area contributed by atoms with Crippen LogP contribution in [0, 0.1) is 0 Å². The van der Waals surface area contributed by atoms with Gasteiger partial charge in [0.2, 0.25) is 0 Å². The second kappa shape index (κ2) is 10.0. The molecule has 0 saturated carbocycles. The highest BCUT2D eigenvalue weighted by atomic mass is 16.5. The molecule has 0 N–H and O–H groups in total. The number of rotatable bonds is 7. The molecule has 0 unspecified atom stereocenters. The summed E-state index contributed by atoms with van der Waals surface area (Å²) in [6.45, 7) is 10.3. The van der Waals surface area contributed by atoms with E-state index in [1.165, 1.54) is 0 Å². The minimum atomic E-state index is -0.471. The zero-order valence-corrected chi connectivity index (χ0v) is 19.3. The van der Waals surface area contributed by atoms with E-state index in [0.29, 0.717) is 40.0 Å². The van der Waals surface area contributed by atoms with E-state index in [9.17, 15) is 9.59 Å². The van der Waals surface area contributed by atoms with Crippen molar-refractivity contribution in [3.63, 3.8) is 0 Å². The predicted octanol–water partition coefficient (Wildman–Crippen LogP) is 6.03. The molecule has 0 saturated heterocycles. The highest BCUT2D eigenvalue weighted by Crippen LogP contribution is 2.29. The molecule has 4 aromatic rings. The Bertz CT molecular complexity index is 1400. The van der Waals surface area contributed by atoms with E-state index in [4.69, 9.17) is 13.9 Å². The van der Waals surface area contributed by atoms with E-state index < -0.39 is 11.9 Å². The van der Waals surface area contributed by atoms with Gasteiger partial charge >= 0.3 is 11.9 Å². The molecular weight excluding hydrogens is 444 g/mol. The third-order valence-corrected chi connectivity index (χ3v) is 4.92. The predicted molar refractivity (Wildman–Crippen MR) is 132 cm³/mol. The fourth-order valence-electron chi connectivity index (χ4n) is 3.01. The fraction of sp³-hybridized carbons (Fsp3) is 0.0714. The fourth-order valence-corrected chi connectivity index (χ4v) is 3.01. The average Bonchev–Trinajstić information content (AvgIpc) is 3.35. The van der Waals surface area contributed by atoms with Gasteiger partial charge in [-0.3, -0.25) is 0 Å². The Kier molecular flexibility index (Phi) is 6.69. The zero-order valence-electron chi connectivity index (χ0n) is 19.3. The second-order valence-electron chi connectivity index (χ2n) is 7.85. The standard InChI is InChI=1S/C28H22N2O5/c1-17(2)27(31)33-22-9-5-19(6-10-22)21-15-29-26(30-16-21)25-14-13-24(35-25)20-7-11-23(12-8-20)34-28(32)18(3)4/h5-16H,1,3H2,2,4H3. The highest BCUT2D eigenvalue weighted by molar-refractivity contribution is 5.89. The summed E-state index contributed by atoms with van der Waals surface area (Å²) in [6, 6.07) is 17.6. The van der Waals surface area contributed by atoms with E-state index in [-0.39, 0.29) is 0 Å². The number of nitrogens with zero attached hydrogens (tertiary/aromatic N) is 2. The molecule has 35 heavy (non-hydrogen) atoms. The van der Waals surface area contributed by atoms with Gasteiger partial charge < -0.3 is 13.9 Å². The van der Waals surface area contributed by atoms with Crippen molar-refractivity contribution in [1.29, 1.82) is 0 Å². The Balaban J connectivity index is 1.45. The van der Waals surface area contributed by atoms with Crippen LogP contribution in [0.2, 0.25) is 0 Å². The number of hydrogen-bond donors (Lipinski definition) is 0. The Labute approximate surface area is 202 Å². The maximum absolute atomic E-state index is 11.6. The van der Waals surface area contributed by atoms with Crippen molar-refractivity contribution >= 4 is 11.9 Å². The third-order valence-electron chi connectivity index (χ3n) is 4.92. The zero-order chi connectivity index (χ0) is 24.9. The number of carbonyl (C=O) groups excluding carboxylic acids is 2. The topological polar surface area (TPSA) is 91.5 Å². The van der Waals surface area contributed by atoms with Gasteiger partial charge in [-0.15, -0.1) is 0 Å². The highest BCUT2D eigenvalue weighted by Gasteiger charge is 2.12. The van der Waals surface area contributed by atoms with Crippen LogP contribution in [-0.2, 0) is 9.59 Å². The molecule has 0 amide bonds. The first-order valence-corrected chi connectivity index (χ1v) is 10.7. The summed E-state index contributed by atoms with van der Waals surface area (Å²) < 4.78 is 16.3. The number of furan rings is 1. The molecular formula is C28H22N2O5. The molecule has 0 aliphatic heterocycles. The molecule has 2 aromatic heterocycles. The number of ether oxygens (including phenoxy) is 2. The maximum Gasteiger partial charge on any atom is 0.338 e. The Morgan fingerprint density at radius 2 is 1.11 bits per heavy atom. The monoisotopic (exact) mass is 466 g/mol. The first kappa shape index (κ1) is 23.4. The number of aromatic nitrogens is 2. The lowest BCUT2D eigenvalue weighted by Gasteiger charge is -2.06. The van der Waals surface area contributed by atoms with Crippen LogP contribution >= 0.6 is 0 Å². The number of carbonyl (C=O) groups is 2. The molecule has 2 aromatic carbocycles. The Morgan fingerprint density at radius 3 is 1.60 bits per heavy atom. The minimum Gasteiger partial charge on any atom is -0.453 e. The van der Waals surface area contributed by atoms with Crippen LogP contribution < -0.4 is 9.47 Å². The molecule has 4 rings (SSSR count). The number of benzene rings is 2. The van der Waals surface area contributed by atoms with Crippen molar-refractivity contribution in [2.24, 2.45) is 0 Å². The van der Waals surface area contributed by atoms with Gasteiger partial charge in [-0.1, -0.05) is 25.3 Å². The van der Waals surface area contributed by atoms with Gasteiger partial charge in [-0.05, 0) is 67.9 Å². The van der Waals surface area contributed by atoms with Crippen LogP contribution in [0.25, 0.3) is 34.0 Å². The van der Waals surface area contributed by atoms with E-state index in [1.807, 2.05) is 18.2 Å². The summed E-state index contributed by atoms with van der Waals surface area (Å²) in [7, 11) is 0. The van der Waals surface area contributed by atoms with Crippen molar-refractivity contribution < 1.29 is 23.5 Å². The molecule has 0 fully saturated rings. The first-order chi connectivity index (χ1) is 16.8. The van der Waals surface area contributed by atoms with Gasteiger partial charge in [-0.25, -0.2) is 19.6 Å². The van der Waals surface area contributed by atoms with E-state index in [1.54, 1.807) is 68.7 Å². The summed E-state index contributed by atoms with van der Waals surface area (Å²) >= 11 is 0. The van der Waals surface area contributed by atoms with E-state index in [2.05, 4.69) is 23.1 Å². The van der Waals surface area contributed by atoms with Gasteiger partial charge in [0.1, 0.15) is 17.3 Å². The number of esters is 2. The molecule has 0 aliphatic rings. The molecule has 7 nitrogen and oxygen atoms in total. The van der Waals surface area contributed by atoms with Crippen LogP contribution in [0.3, 0.4) is 0 Å².